The molecule has 0 aliphatic heterocycles. The Morgan fingerprint density at radius 2 is 1.93 bits per heavy atom. The van der Waals surface area contributed by atoms with Crippen molar-refractivity contribution in [1.82, 2.24) is 9.80 Å². The molecular weight excluding hydrogens is 192 g/mol. The van der Waals surface area contributed by atoms with Crippen LogP contribution in [0, 0.1) is 5.92 Å². The van der Waals surface area contributed by atoms with Gasteiger partial charge in [-0.05, 0) is 32.7 Å². The van der Waals surface area contributed by atoms with Crippen molar-refractivity contribution in [2.24, 2.45) is 5.92 Å². The van der Waals surface area contributed by atoms with Gasteiger partial charge in [0.15, 0.2) is 0 Å². The van der Waals surface area contributed by atoms with Gasteiger partial charge < -0.3 is 10.0 Å². The van der Waals surface area contributed by atoms with Crippen LogP contribution in [-0.4, -0.2) is 60.6 Å². The van der Waals surface area contributed by atoms with E-state index in [9.17, 15) is 9.90 Å². The smallest absolute Gasteiger partial charge is 0.239 e. The summed E-state index contributed by atoms with van der Waals surface area (Å²) in [5.74, 6) is 0.551. The number of hydrogen-bond donors (Lipinski definition) is 1. The lowest BCUT2D eigenvalue weighted by Gasteiger charge is -2.28. The van der Waals surface area contributed by atoms with E-state index >= 15 is 0 Å². The third-order valence-corrected chi connectivity index (χ3v) is 3.10. The van der Waals surface area contributed by atoms with Crippen LogP contribution < -0.4 is 0 Å². The van der Waals surface area contributed by atoms with E-state index < -0.39 is 0 Å². The predicted octanol–water partition coefficient (Wildman–Crippen LogP) is 0.166. The van der Waals surface area contributed by atoms with Gasteiger partial charge in [-0.25, -0.2) is 0 Å². The first-order chi connectivity index (χ1) is 6.93. The molecule has 0 aromatic rings. The molecule has 2 atom stereocenters. The topological polar surface area (TPSA) is 43.8 Å². The summed E-state index contributed by atoms with van der Waals surface area (Å²) < 4.78 is 0. The third-order valence-electron chi connectivity index (χ3n) is 3.10. The average Bonchev–Trinajstić information content (AvgIpc) is 2.98. The summed E-state index contributed by atoms with van der Waals surface area (Å²) in [5.41, 5.74) is 0. The van der Waals surface area contributed by atoms with Gasteiger partial charge in [0.2, 0.25) is 5.91 Å². The van der Waals surface area contributed by atoms with Crippen LogP contribution in [-0.2, 0) is 4.79 Å². The first-order valence-electron chi connectivity index (χ1n) is 5.53. The van der Waals surface area contributed by atoms with E-state index in [0.717, 1.165) is 12.8 Å². The van der Waals surface area contributed by atoms with E-state index in [1.54, 1.807) is 19.0 Å². The lowest BCUT2D eigenvalue weighted by atomic mass is 10.2. The monoisotopic (exact) mass is 214 g/mol. The number of carbonyl (C=O) groups excluding carboxylic acids is 1. The highest BCUT2D eigenvalue weighted by Crippen LogP contribution is 2.32. The maximum absolute atomic E-state index is 11.7. The summed E-state index contributed by atoms with van der Waals surface area (Å²) in [5, 5.41) is 9.76. The minimum absolute atomic E-state index is 0.0838. The number of carbonyl (C=O) groups is 1. The predicted molar refractivity (Wildman–Crippen MR) is 59.5 cm³/mol. The van der Waals surface area contributed by atoms with Gasteiger partial charge in [-0.2, -0.15) is 0 Å². The van der Waals surface area contributed by atoms with Gasteiger partial charge in [-0.1, -0.05) is 0 Å². The normalized spacial score (nSPS) is 20.1. The third kappa shape index (κ3) is 3.47. The molecule has 0 aromatic carbocycles. The van der Waals surface area contributed by atoms with E-state index in [-0.39, 0.29) is 18.1 Å². The van der Waals surface area contributed by atoms with Crippen molar-refractivity contribution in [3.05, 3.63) is 0 Å². The molecule has 4 heteroatoms. The van der Waals surface area contributed by atoms with Crippen molar-refractivity contribution in [2.75, 3.05) is 27.7 Å². The Labute approximate surface area is 91.9 Å². The maximum atomic E-state index is 11.7. The van der Waals surface area contributed by atoms with Gasteiger partial charge in [-0.15, -0.1) is 0 Å². The Hall–Kier alpha value is -0.610. The second-order valence-corrected chi connectivity index (χ2v) is 4.75. The van der Waals surface area contributed by atoms with Crippen LogP contribution in [0.4, 0.5) is 0 Å². The first kappa shape index (κ1) is 12.5. The zero-order valence-electron chi connectivity index (χ0n) is 10.1. The van der Waals surface area contributed by atoms with E-state index in [0.29, 0.717) is 12.5 Å². The Balaban J connectivity index is 2.37. The first-order valence-corrected chi connectivity index (χ1v) is 5.53. The number of aliphatic hydroxyl groups is 1. The molecule has 88 valence electrons. The molecule has 0 bridgehead atoms. The van der Waals surface area contributed by atoms with Crippen LogP contribution in [0.5, 0.6) is 0 Å². The number of likely N-dealkylation sites (N-methyl/N-ethyl adjacent to an activating group) is 2. The molecule has 1 amide bonds. The molecule has 0 spiro atoms. The molecule has 1 rings (SSSR count). The van der Waals surface area contributed by atoms with Gasteiger partial charge in [0.05, 0.1) is 12.1 Å². The highest BCUT2D eigenvalue weighted by molar-refractivity contribution is 5.80. The Kier molecular flexibility index (Phi) is 4.11. The summed E-state index contributed by atoms with van der Waals surface area (Å²) in [4.78, 5) is 15.2. The SMILES string of the molecule is C[C@H](C(=O)N(C)C)N(C)C[C@@H](O)C1CC1. The minimum atomic E-state index is -0.271. The molecule has 1 saturated carbocycles. The number of hydrogen-bond acceptors (Lipinski definition) is 3. The van der Waals surface area contributed by atoms with Crippen molar-refractivity contribution in [3.63, 3.8) is 0 Å². The van der Waals surface area contributed by atoms with Crippen LogP contribution in [0.2, 0.25) is 0 Å². The summed E-state index contributed by atoms with van der Waals surface area (Å²) >= 11 is 0. The number of rotatable bonds is 5. The van der Waals surface area contributed by atoms with Crippen molar-refractivity contribution >= 4 is 5.91 Å². The standard InChI is InChI=1S/C11H22N2O2/c1-8(11(15)12(2)3)13(4)7-10(14)9-5-6-9/h8-10,14H,5-7H2,1-4H3/t8-,10-/m1/s1. The van der Waals surface area contributed by atoms with Crippen molar-refractivity contribution in [3.8, 4) is 0 Å². The molecule has 15 heavy (non-hydrogen) atoms. The number of aliphatic hydroxyl groups excluding tert-OH is 1. The average molecular weight is 214 g/mol. The molecule has 1 aliphatic carbocycles. The largest absolute Gasteiger partial charge is 0.392 e. The molecule has 0 heterocycles. The fourth-order valence-electron chi connectivity index (χ4n) is 1.65. The molecule has 1 N–H and O–H groups in total. The van der Waals surface area contributed by atoms with Crippen LogP contribution in [0.15, 0.2) is 0 Å². The summed E-state index contributed by atoms with van der Waals surface area (Å²) in [6, 6.07) is -0.159. The maximum Gasteiger partial charge on any atom is 0.239 e. The van der Waals surface area contributed by atoms with Gasteiger partial charge in [-0.3, -0.25) is 9.69 Å². The zero-order valence-corrected chi connectivity index (χ0v) is 10.1. The summed E-state index contributed by atoms with van der Waals surface area (Å²) in [7, 11) is 5.39. The molecule has 1 fully saturated rings. The van der Waals surface area contributed by atoms with Crippen LogP contribution in [0.1, 0.15) is 19.8 Å². The lowest BCUT2D eigenvalue weighted by Crippen LogP contribution is -2.45. The molecule has 4 nitrogen and oxygen atoms in total. The van der Waals surface area contributed by atoms with Crippen molar-refractivity contribution in [1.29, 1.82) is 0 Å². The highest BCUT2D eigenvalue weighted by atomic mass is 16.3. The molecule has 0 aromatic heterocycles. The van der Waals surface area contributed by atoms with Crippen molar-refractivity contribution < 1.29 is 9.90 Å². The molecule has 0 saturated heterocycles. The second-order valence-electron chi connectivity index (χ2n) is 4.75. The fourth-order valence-corrected chi connectivity index (χ4v) is 1.65. The van der Waals surface area contributed by atoms with E-state index in [1.165, 1.54) is 0 Å². The summed E-state index contributed by atoms with van der Waals surface area (Å²) in [6.07, 6.45) is 1.99. The number of amides is 1. The fraction of sp³-hybridized carbons (Fsp3) is 0.909. The summed E-state index contributed by atoms with van der Waals surface area (Å²) in [6.45, 7) is 2.47. The Morgan fingerprint density at radius 1 is 1.40 bits per heavy atom. The minimum Gasteiger partial charge on any atom is -0.392 e. The molecule has 1 aliphatic rings. The Bertz CT molecular complexity index is 227. The second kappa shape index (κ2) is 4.94. The van der Waals surface area contributed by atoms with E-state index in [1.807, 2.05) is 18.9 Å². The van der Waals surface area contributed by atoms with Crippen LogP contribution in [0.3, 0.4) is 0 Å². The molecular formula is C11H22N2O2. The van der Waals surface area contributed by atoms with E-state index in [4.69, 9.17) is 0 Å². The number of nitrogens with zero attached hydrogens (tertiary/aromatic N) is 2. The highest BCUT2D eigenvalue weighted by Gasteiger charge is 2.32. The molecule has 0 unspecified atom stereocenters. The lowest BCUT2D eigenvalue weighted by molar-refractivity contribution is -0.133. The van der Waals surface area contributed by atoms with E-state index in [2.05, 4.69) is 0 Å². The Morgan fingerprint density at radius 3 is 2.33 bits per heavy atom. The van der Waals surface area contributed by atoms with Gasteiger partial charge in [0.25, 0.3) is 0 Å². The van der Waals surface area contributed by atoms with Gasteiger partial charge in [0.1, 0.15) is 0 Å². The van der Waals surface area contributed by atoms with Crippen LogP contribution in [0.25, 0.3) is 0 Å². The van der Waals surface area contributed by atoms with Gasteiger partial charge in [0, 0.05) is 20.6 Å². The van der Waals surface area contributed by atoms with Crippen LogP contribution >= 0.6 is 0 Å². The molecule has 0 radical (unpaired) electrons. The quantitative estimate of drug-likeness (QED) is 0.709. The van der Waals surface area contributed by atoms with Gasteiger partial charge >= 0.3 is 0 Å². The zero-order chi connectivity index (χ0) is 11.6. The van der Waals surface area contributed by atoms with Crippen molar-refractivity contribution in [2.45, 2.75) is 31.9 Å².